The van der Waals surface area contributed by atoms with Gasteiger partial charge in [0.15, 0.2) is 11.4 Å². The minimum atomic E-state index is -3.95. The molecule has 180 valence electrons. The number of nitrogens with zero attached hydrogens (tertiary/aromatic N) is 3. The number of carbonyl (C=O) groups excluding carboxylic acids is 1. The topological polar surface area (TPSA) is 95.8 Å². The number of carbonyl (C=O) groups is 1. The van der Waals surface area contributed by atoms with E-state index in [1.807, 2.05) is 4.72 Å². The zero-order chi connectivity index (χ0) is 24.4. The number of halogens is 4. The highest BCUT2D eigenvalue weighted by Crippen LogP contribution is 2.42. The Morgan fingerprint density at radius 2 is 1.79 bits per heavy atom. The van der Waals surface area contributed by atoms with Gasteiger partial charge in [-0.1, -0.05) is 23.4 Å². The molecule has 5 rings (SSSR count). The van der Waals surface area contributed by atoms with Crippen molar-refractivity contribution in [2.24, 2.45) is 0 Å². The average molecular weight is 498 g/mol. The highest BCUT2D eigenvalue weighted by atomic mass is 32.2. The first kappa shape index (κ1) is 22.6. The normalized spacial score (nSPS) is 22.4. The molecule has 2 aromatic carbocycles. The quantitative estimate of drug-likeness (QED) is 0.557. The van der Waals surface area contributed by atoms with E-state index in [2.05, 4.69) is 5.16 Å². The van der Waals surface area contributed by atoms with Crippen LogP contribution in [0.1, 0.15) is 6.42 Å². The van der Waals surface area contributed by atoms with Crippen LogP contribution in [0.15, 0.2) is 40.9 Å². The predicted molar refractivity (Wildman–Crippen MR) is 114 cm³/mol. The number of urea groups is 1. The minimum absolute atomic E-state index is 0.0661. The second kappa shape index (κ2) is 7.67. The maximum atomic E-state index is 14.7. The Balaban J connectivity index is 1.56. The van der Waals surface area contributed by atoms with Crippen LogP contribution in [-0.2, 0) is 10.0 Å². The first-order valence-electron chi connectivity index (χ1n) is 10.2. The van der Waals surface area contributed by atoms with Crippen LogP contribution in [0.5, 0.6) is 0 Å². The van der Waals surface area contributed by atoms with Crippen LogP contribution in [-0.4, -0.2) is 61.9 Å². The molecule has 2 aliphatic heterocycles. The molecule has 2 fully saturated rings. The summed E-state index contributed by atoms with van der Waals surface area (Å²) < 4.78 is 88.7. The predicted octanol–water partition coefficient (Wildman–Crippen LogP) is 3.34. The van der Waals surface area contributed by atoms with Gasteiger partial charge < -0.3 is 9.42 Å². The van der Waals surface area contributed by atoms with Gasteiger partial charge >= 0.3 is 6.03 Å². The van der Waals surface area contributed by atoms with Crippen molar-refractivity contribution in [3.05, 3.63) is 48.0 Å². The highest BCUT2D eigenvalue weighted by Gasteiger charge is 2.55. The van der Waals surface area contributed by atoms with E-state index in [1.165, 1.54) is 24.3 Å². The third-order valence-corrected chi connectivity index (χ3v) is 6.74. The lowest BCUT2D eigenvalue weighted by Gasteiger charge is -2.39. The van der Waals surface area contributed by atoms with Gasteiger partial charge in [0.25, 0.3) is 5.92 Å². The lowest BCUT2D eigenvalue weighted by molar-refractivity contribution is -0.0813. The first-order chi connectivity index (χ1) is 16.0. The third-order valence-electron chi connectivity index (χ3n) is 6.03. The van der Waals surface area contributed by atoms with Crippen molar-refractivity contribution in [2.45, 2.75) is 24.4 Å². The number of sulfonamides is 1. The lowest BCUT2D eigenvalue weighted by atomic mass is 9.96. The fraction of sp³-hybridized carbons (Fsp3) is 0.333. The van der Waals surface area contributed by atoms with Crippen LogP contribution in [0, 0.1) is 11.6 Å². The van der Waals surface area contributed by atoms with Crippen molar-refractivity contribution in [2.75, 3.05) is 24.2 Å². The number of piperidine rings is 1. The highest BCUT2D eigenvalue weighted by molar-refractivity contribution is 7.88. The molecule has 1 N–H and O–H groups in total. The molecule has 0 aliphatic carbocycles. The Morgan fingerprint density at radius 1 is 1.12 bits per heavy atom. The van der Waals surface area contributed by atoms with Gasteiger partial charge in [-0.05, 0) is 18.2 Å². The van der Waals surface area contributed by atoms with E-state index in [0.717, 1.165) is 28.2 Å². The second-order valence-electron chi connectivity index (χ2n) is 8.39. The van der Waals surface area contributed by atoms with E-state index in [1.54, 1.807) is 0 Å². The van der Waals surface area contributed by atoms with Crippen molar-refractivity contribution in [1.29, 1.82) is 0 Å². The van der Waals surface area contributed by atoms with Crippen molar-refractivity contribution >= 4 is 32.8 Å². The molecule has 1 aromatic heterocycles. The molecule has 0 radical (unpaired) electrons. The molecule has 8 nitrogen and oxygen atoms in total. The summed E-state index contributed by atoms with van der Waals surface area (Å²) in [5.74, 6) is -5.13. The van der Waals surface area contributed by atoms with Gasteiger partial charge in [-0.3, -0.25) is 4.90 Å². The standard InChI is InChI=1S/C21H18F4N4O4S/c1-34(31,32)27-16-10-28-11(8-21(16,24)25)9-29(20(28)30)19-18-12(4-2-7-15(18)33-26-19)17-13(22)5-3-6-14(17)23/h2-7,11,16,27H,8-10H2,1H3/t11-,16-/m1/s1. The van der Waals surface area contributed by atoms with Crippen LogP contribution < -0.4 is 9.62 Å². The summed E-state index contributed by atoms with van der Waals surface area (Å²) in [4.78, 5) is 15.4. The van der Waals surface area contributed by atoms with E-state index in [0.29, 0.717) is 0 Å². The lowest BCUT2D eigenvalue weighted by Crippen LogP contribution is -2.61. The number of hydrogen-bond donors (Lipinski definition) is 1. The molecule has 0 unspecified atom stereocenters. The summed E-state index contributed by atoms with van der Waals surface area (Å²) in [6, 6.07) is 4.43. The number of benzene rings is 2. The molecule has 2 saturated heterocycles. The van der Waals surface area contributed by atoms with Gasteiger partial charge in [0, 0.05) is 18.5 Å². The molecular formula is C21H18F4N4O4S. The summed E-state index contributed by atoms with van der Waals surface area (Å²) >= 11 is 0. The first-order valence-corrected chi connectivity index (χ1v) is 12.1. The summed E-state index contributed by atoms with van der Waals surface area (Å²) in [5, 5.41) is 4.06. The molecule has 34 heavy (non-hydrogen) atoms. The number of aromatic nitrogens is 1. The van der Waals surface area contributed by atoms with Crippen LogP contribution in [0.4, 0.5) is 28.2 Å². The molecule has 13 heteroatoms. The smallest absolute Gasteiger partial charge is 0.326 e. The zero-order valence-electron chi connectivity index (χ0n) is 17.6. The number of fused-ring (bicyclic) bond motifs is 2. The number of rotatable bonds is 4. The maximum absolute atomic E-state index is 14.7. The van der Waals surface area contributed by atoms with E-state index in [4.69, 9.17) is 4.52 Å². The molecule has 2 atom stereocenters. The Morgan fingerprint density at radius 3 is 2.47 bits per heavy atom. The van der Waals surface area contributed by atoms with E-state index >= 15 is 0 Å². The Hall–Kier alpha value is -3.19. The SMILES string of the molecule is CS(=O)(=O)N[C@@H]1CN2C(=O)N(c3noc4cccc(-c5c(F)cccc5F)c34)C[C@H]2CC1(F)F. The fourth-order valence-corrected chi connectivity index (χ4v) is 5.33. The average Bonchev–Trinajstić information content (AvgIpc) is 3.28. The van der Waals surface area contributed by atoms with E-state index in [-0.39, 0.29) is 34.5 Å². The number of hydrogen-bond acceptors (Lipinski definition) is 5. The van der Waals surface area contributed by atoms with Crippen LogP contribution in [0.25, 0.3) is 22.1 Å². The summed E-state index contributed by atoms with van der Waals surface area (Å²) in [7, 11) is -3.95. The van der Waals surface area contributed by atoms with Gasteiger partial charge in [0.1, 0.15) is 17.7 Å². The summed E-state index contributed by atoms with van der Waals surface area (Å²) in [5.41, 5.74) is -0.107. The van der Waals surface area contributed by atoms with Gasteiger partial charge in [0.2, 0.25) is 10.0 Å². The van der Waals surface area contributed by atoms with Crippen molar-refractivity contribution in [3.63, 3.8) is 0 Å². The molecule has 3 heterocycles. The van der Waals surface area contributed by atoms with E-state index in [9.17, 15) is 30.8 Å². The Bertz CT molecular complexity index is 1390. The third kappa shape index (κ3) is 3.68. The minimum Gasteiger partial charge on any atom is -0.354 e. The van der Waals surface area contributed by atoms with Crippen LogP contribution >= 0.6 is 0 Å². The second-order valence-corrected chi connectivity index (χ2v) is 10.2. The largest absolute Gasteiger partial charge is 0.354 e. The molecule has 0 bridgehead atoms. The molecule has 0 spiro atoms. The van der Waals surface area contributed by atoms with Gasteiger partial charge in [-0.25, -0.2) is 35.5 Å². The number of anilines is 1. The van der Waals surface area contributed by atoms with Gasteiger partial charge in [-0.2, -0.15) is 0 Å². The van der Waals surface area contributed by atoms with Gasteiger partial charge in [-0.15, -0.1) is 0 Å². The maximum Gasteiger partial charge on any atom is 0.326 e. The summed E-state index contributed by atoms with van der Waals surface area (Å²) in [6.45, 7) is -0.736. The molecule has 0 saturated carbocycles. The Labute approximate surface area is 191 Å². The van der Waals surface area contributed by atoms with Crippen LogP contribution in [0.2, 0.25) is 0 Å². The van der Waals surface area contributed by atoms with Crippen molar-refractivity contribution < 1.29 is 35.3 Å². The molecule has 2 amide bonds. The Kier molecular flexibility index (Phi) is 5.09. The van der Waals surface area contributed by atoms with Crippen molar-refractivity contribution in [1.82, 2.24) is 14.8 Å². The molecular weight excluding hydrogens is 480 g/mol. The monoisotopic (exact) mass is 498 g/mol. The molecule has 2 aliphatic rings. The van der Waals surface area contributed by atoms with Crippen molar-refractivity contribution in [3.8, 4) is 11.1 Å². The van der Waals surface area contributed by atoms with Crippen LogP contribution in [0.3, 0.4) is 0 Å². The fourth-order valence-electron chi connectivity index (χ4n) is 4.57. The van der Waals surface area contributed by atoms with Gasteiger partial charge in [0.05, 0.1) is 29.8 Å². The zero-order valence-corrected chi connectivity index (χ0v) is 18.5. The summed E-state index contributed by atoms with van der Waals surface area (Å²) in [6.07, 6.45) is -0.00874. The number of amides is 2. The number of alkyl halides is 2. The van der Waals surface area contributed by atoms with E-state index < -0.39 is 58.7 Å². The molecule has 3 aromatic rings. The number of nitrogens with one attached hydrogen (secondary N) is 1.